The molecule has 0 aromatic heterocycles. The Morgan fingerprint density at radius 3 is 2.75 bits per heavy atom. The van der Waals surface area contributed by atoms with E-state index in [0.29, 0.717) is 0 Å². The summed E-state index contributed by atoms with van der Waals surface area (Å²) in [6.07, 6.45) is -0.274. The second-order valence-corrected chi connectivity index (χ2v) is 5.81. The number of hydrogen-bond acceptors (Lipinski definition) is 4. The Kier molecular flexibility index (Phi) is 6.10. The molecule has 110 valence electrons. The van der Waals surface area contributed by atoms with Crippen molar-refractivity contribution in [2.75, 3.05) is 20.2 Å². The highest BCUT2D eigenvalue weighted by molar-refractivity contribution is 7.89. The van der Waals surface area contributed by atoms with Gasteiger partial charge in [-0.15, -0.1) is 0 Å². The zero-order valence-electron chi connectivity index (χ0n) is 11.3. The minimum absolute atomic E-state index is 0.106. The molecule has 0 radical (unpaired) electrons. The number of hydrogen-bond donors (Lipinski definition) is 2. The monoisotopic (exact) mass is 300 g/mol. The number of nitrogens with one attached hydrogen (secondary N) is 1. The summed E-state index contributed by atoms with van der Waals surface area (Å²) in [5.41, 5.74) is 5.30. The van der Waals surface area contributed by atoms with Gasteiger partial charge in [-0.05, 0) is 25.1 Å². The van der Waals surface area contributed by atoms with Crippen LogP contribution in [0.5, 0.6) is 0 Å². The van der Waals surface area contributed by atoms with E-state index in [1.165, 1.54) is 19.2 Å². The number of sulfonamides is 1. The number of rotatable bonds is 5. The van der Waals surface area contributed by atoms with E-state index in [1.54, 1.807) is 6.92 Å². The maximum absolute atomic E-state index is 13.7. The molecule has 0 saturated heterocycles. The second kappa shape index (κ2) is 7.36. The molecule has 3 N–H and O–H groups in total. The predicted octanol–water partition coefficient (Wildman–Crippen LogP) is 0.449. The molecule has 1 aromatic carbocycles. The van der Waals surface area contributed by atoms with Crippen molar-refractivity contribution in [2.24, 2.45) is 5.73 Å². The lowest BCUT2D eigenvalue weighted by atomic mass is 10.2. The molecule has 20 heavy (non-hydrogen) atoms. The zero-order valence-corrected chi connectivity index (χ0v) is 12.1. The average Bonchev–Trinajstić information content (AvgIpc) is 2.43. The topological polar surface area (TPSA) is 81.4 Å². The summed E-state index contributed by atoms with van der Waals surface area (Å²) in [6.45, 7) is 1.93. The van der Waals surface area contributed by atoms with Crippen molar-refractivity contribution in [3.63, 3.8) is 0 Å². The molecule has 7 heteroatoms. The van der Waals surface area contributed by atoms with Crippen molar-refractivity contribution < 1.29 is 17.5 Å². The molecule has 5 nitrogen and oxygen atoms in total. The largest absolute Gasteiger partial charge is 0.380 e. The van der Waals surface area contributed by atoms with Crippen LogP contribution in [0.4, 0.5) is 4.39 Å². The smallest absolute Gasteiger partial charge is 0.240 e. The van der Waals surface area contributed by atoms with Gasteiger partial charge in [0.25, 0.3) is 0 Å². The fourth-order valence-electron chi connectivity index (χ4n) is 1.30. The van der Waals surface area contributed by atoms with Crippen molar-refractivity contribution in [3.8, 4) is 11.8 Å². The molecule has 0 aliphatic heterocycles. The number of halogens is 1. The summed E-state index contributed by atoms with van der Waals surface area (Å²) < 4.78 is 44.9. The van der Waals surface area contributed by atoms with Crippen LogP contribution in [-0.2, 0) is 14.8 Å². The third-order valence-electron chi connectivity index (χ3n) is 2.54. The Hall–Kier alpha value is -1.46. The summed E-state index contributed by atoms with van der Waals surface area (Å²) in [4.78, 5) is -0.156. The molecule has 0 saturated carbocycles. The first-order valence-corrected chi connectivity index (χ1v) is 7.40. The van der Waals surface area contributed by atoms with Gasteiger partial charge in [0, 0.05) is 13.7 Å². The molecule has 1 rings (SSSR count). The average molecular weight is 300 g/mol. The molecule has 1 atom stereocenters. The minimum atomic E-state index is -3.77. The normalized spacial score (nSPS) is 12.6. The van der Waals surface area contributed by atoms with Crippen LogP contribution in [0.15, 0.2) is 23.1 Å². The van der Waals surface area contributed by atoms with Gasteiger partial charge in [-0.2, -0.15) is 0 Å². The van der Waals surface area contributed by atoms with Crippen molar-refractivity contribution >= 4 is 10.0 Å². The van der Waals surface area contributed by atoms with E-state index < -0.39 is 15.8 Å². The van der Waals surface area contributed by atoms with E-state index in [0.717, 1.165) is 6.07 Å². The van der Waals surface area contributed by atoms with Crippen LogP contribution in [0.2, 0.25) is 0 Å². The van der Waals surface area contributed by atoms with Crippen LogP contribution in [-0.4, -0.2) is 34.7 Å². The van der Waals surface area contributed by atoms with Gasteiger partial charge in [0.2, 0.25) is 10.0 Å². The van der Waals surface area contributed by atoms with Gasteiger partial charge < -0.3 is 10.5 Å². The standard InChI is InChI=1S/C13H17FN2O3S/c1-10(19-2)9-16-20(17,18)12-6-5-11(4-3-7-15)13(14)8-12/h5-6,8,10,16H,7,9,15H2,1-2H3. The van der Waals surface area contributed by atoms with Gasteiger partial charge >= 0.3 is 0 Å². The fourth-order valence-corrected chi connectivity index (χ4v) is 2.43. The van der Waals surface area contributed by atoms with Crippen molar-refractivity contribution in [3.05, 3.63) is 29.6 Å². The van der Waals surface area contributed by atoms with Gasteiger partial charge in [-0.3, -0.25) is 0 Å². The Balaban J connectivity index is 2.94. The van der Waals surface area contributed by atoms with Gasteiger partial charge in [-0.25, -0.2) is 17.5 Å². The van der Waals surface area contributed by atoms with Crippen LogP contribution >= 0.6 is 0 Å². The van der Waals surface area contributed by atoms with Crippen molar-refractivity contribution in [1.29, 1.82) is 0 Å². The van der Waals surface area contributed by atoms with Gasteiger partial charge in [0.15, 0.2) is 0 Å². The van der Waals surface area contributed by atoms with E-state index in [4.69, 9.17) is 10.5 Å². The highest BCUT2D eigenvalue weighted by Gasteiger charge is 2.16. The maximum Gasteiger partial charge on any atom is 0.240 e. The van der Waals surface area contributed by atoms with E-state index in [1.807, 2.05) is 0 Å². The molecule has 0 heterocycles. The summed E-state index contributed by atoms with van der Waals surface area (Å²) in [5.74, 6) is 4.33. The highest BCUT2D eigenvalue weighted by Crippen LogP contribution is 2.14. The fraction of sp³-hybridized carbons (Fsp3) is 0.385. The van der Waals surface area contributed by atoms with E-state index in [9.17, 15) is 12.8 Å². The third kappa shape index (κ3) is 4.58. The molecular formula is C13H17FN2O3S. The Morgan fingerprint density at radius 1 is 1.50 bits per heavy atom. The Morgan fingerprint density at radius 2 is 2.20 bits per heavy atom. The van der Waals surface area contributed by atoms with Gasteiger partial charge in [-0.1, -0.05) is 11.8 Å². The van der Waals surface area contributed by atoms with Crippen LogP contribution in [0.3, 0.4) is 0 Å². The Labute approximate surface area is 118 Å². The lowest BCUT2D eigenvalue weighted by molar-refractivity contribution is 0.122. The molecule has 0 spiro atoms. The summed E-state index contributed by atoms with van der Waals surface area (Å²) in [6, 6.07) is 3.54. The number of nitrogens with two attached hydrogens (primary N) is 1. The summed E-state index contributed by atoms with van der Waals surface area (Å²) in [7, 11) is -2.29. The molecule has 1 aromatic rings. The zero-order chi connectivity index (χ0) is 15.2. The van der Waals surface area contributed by atoms with Crippen LogP contribution in [0.25, 0.3) is 0 Å². The van der Waals surface area contributed by atoms with Gasteiger partial charge in [0.05, 0.1) is 23.1 Å². The van der Waals surface area contributed by atoms with E-state index >= 15 is 0 Å². The quantitative estimate of drug-likeness (QED) is 0.774. The summed E-state index contributed by atoms with van der Waals surface area (Å²) in [5, 5.41) is 0. The number of methoxy groups -OCH3 is 1. The predicted molar refractivity (Wildman–Crippen MR) is 74.0 cm³/mol. The lowest BCUT2D eigenvalue weighted by Gasteiger charge is -2.11. The third-order valence-corrected chi connectivity index (χ3v) is 3.96. The molecule has 0 amide bonds. The lowest BCUT2D eigenvalue weighted by Crippen LogP contribution is -2.31. The molecule has 0 aliphatic rings. The van der Waals surface area contributed by atoms with E-state index in [-0.39, 0.29) is 29.7 Å². The molecule has 1 unspecified atom stereocenters. The first-order chi connectivity index (χ1) is 9.40. The van der Waals surface area contributed by atoms with Crippen LogP contribution < -0.4 is 10.5 Å². The van der Waals surface area contributed by atoms with Gasteiger partial charge in [0.1, 0.15) is 5.82 Å². The molecule has 0 aliphatic carbocycles. The summed E-state index contributed by atoms with van der Waals surface area (Å²) >= 11 is 0. The highest BCUT2D eigenvalue weighted by atomic mass is 32.2. The molecular weight excluding hydrogens is 283 g/mol. The minimum Gasteiger partial charge on any atom is -0.380 e. The molecule has 0 bridgehead atoms. The maximum atomic E-state index is 13.7. The van der Waals surface area contributed by atoms with Crippen LogP contribution in [0.1, 0.15) is 12.5 Å². The first-order valence-electron chi connectivity index (χ1n) is 5.91. The molecule has 0 fully saturated rings. The SMILES string of the molecule is COC(C)CNS(=O)(=O)c1ccc(C#CCN)c(F)c1. The number of benzene rings is 1. The Bertz CT molecular complexity index is 620. The van der Waals surface area contributed by atoms with Crippen molar-refractivity contribution in [2.45, 2.75) is 17.9 Å². The van der Waals surface area contributed by atoms with Crippen molar-refractivity contribution in [1.82, 2.24) is 4.72 Å². The van der Waals surface area contributed by atoms with E-state index in [2.05, 4.69) is 16.6 Å². The second-order valence-electron chi connectivity index (χ2n) is 4.05. The first kappa shape index (κ1) is 16.6. The number of ether oxygens (including phenoxy) is 1. The van der Waals surface area contributed by atoms with Crippen LogP contribution in [0, 0.1) is 17.7 Å².